The Morgan fingerprint density at radius 2 is 1.03 bits per heavy atom. The molecule has 3 aromatic carbocycles. The van der Waals surface area contributed by atoms with Crippen LogP contribution in [0.5, 0.6) is 0 Å². The molecule has 0 saturated heterocycles. The lowest BCUT2D eigenvalue weighted by atomic mass is 9.87. The van der Waals surface area contributed by atoms with Gasteiger partial charge in [0.25, 0.3) is 0 Å². The topological polar surface area (TPSA) is 0 Å². The van der Waals surface area contributed by atoms with Gasteiger partial charge in [-0.3, -0.25) is 0 Å². The third-order valence-electron chi connectivity index (χ3n) is 4.80. The highest BCUT2D eigenvalue weighted by atomic mass is 28.3. The average Bonchev–Trinajstić information content (AvgIpc) is 2.61. The van der Waals surface area contributed by atoms with Crippen molar-refractivity contribution >= 4 is 37.7 Å². The van der Waals surface area contributed by atoms with Gasteiger partial charge in [0.05, 0.1) is 0 Å². The van der Waals surface area contributed by atoms with Crippen LogP contribution < -0.4 is 0 Å². The van der Waals surface area contributed by atoms with E-state index < -0.39 is 16.1 Å². The molecule has 0 spiro atoms. The molecule has 0 bridgehead atoms. The Kier molecular flexibility index (Phi) is 5.82. The molecule has 0 amide bonds. The van der Waals surface area contributed by atoms with Crippen molar-refractivity contribution in [1.29, 1.82) is 0 Å². The number of benzene rings is 3. The Labute approximate surface area is 178 Å². The van der Waals surface area contributed by atoms with Crippen molar-refractivity contribution < 1.29 is 0 Å². The zero-order chi connectivity index (χ0) is 21.4. The Bertz CT molecular complexity index is 1100. The first kappa shape index (κ1) is 21.4. The molecule has 0 heterocycles. The highest BCUT2D eigenvalue weighted by molar-refractivity contribution is 6.84. The molecule has 148 valence electrons. The molecule has 0 nitrogen and oxygen atoms in total. The van der Waals surface area contributed by atoms with E-state index in [1.165, 1.54) is 27.1 Å². The van der Waals surface area contributed by atoms with E-state index in [2.05, 4.69) is 119 Å². The smallest absolute Gasteiger partial charge is 0.127 e. The third kappa shape index (κ3) is 5.02. The van der Waals surface area contributed by atoms with Gasteiger partial charge < -0.3 is 0 Å². The van der Waals surface area contributed by atoms with Crippen LogP contribution in [-0.2, 0) is 0 Å². The van der Waals surface area contributed by atoms with Crippen LogP contribution in [0, 0.1) is 22.9 Å². The van der Waals surface area contributed by atoms with Gasteiger partial charge in [-0.05, 0) is 51.2 Å². The van der Waals surface area contributed by atoms with Gasteiger partial charge >= 0.3 is 0 Å². The molecule has 0 saturated carbocycles. The van der Waals surface area contributed by atoms with Crippen LogP contribution in [0.2, 0.25) is 39.3 Å². The van der Waals surface area contributed by atoms with Gasteiger partial charge in [0, 0.05) is 11.1 Å². The molecule has 0 aromatic heterocycles. The number of fused-ring (bicyclic) bond motifs is 2. The van der Waals surface area contributed by atoms with E-state index in [0.29, 0.717) is 5.92 Å². The SMILES string of the molecule is CC(C)c1c2cccc(C#C[Si](C)(C)C)c2cc2c(C#C[Si](C)(C)C)cccc12. The summed E-state index contributed by atoms with van der Waals surface area (Å²) in [6, 6.07) is 15.5. The molecule has 0 N–H and O–H groups in total. The molecule has 3 aromatic rings. The standard InChI is InChI=1S/C27H32Si2/c1-20(2)27-23-13-9-11-21(15-17-28(3,4)5)25(23)19-26-22(12-10-14-24(26)27)16-18-29(6,7)8/h9-14,19-20H,1-8H3. The van der Waals surface area contributed by atoms with Crippen LogP contribution in [0.25, 0.3) is 21.5 Å². The number of hydrogen-bond donors (Lipinski definition) is 0. The minimum Gasteiger partial charge on any atom is -0.127 e. The Hall–Kier alpha value is -2.27. The molecular formula is C27H32Si2. The lowest BCUT2D eigenvalue weighted by Gasteiger charge is -2.17. The molecule has 29 heavy (non-hydrogen) atoms. The predicted molar refractivity (Wildman–Crippen MR) is 136 cm³/mol. The summed E-state index contributed by atoms with van der Waals surface area (Å²) in [5, 5.41) is 5.17. The highest BCUT2D eigenvalue weighted by Gasteiger charge is 2.15. The summed E-state index contributed by atoms with van der Waals surface area (Å²) in [4.78, 5) is 0. The van der Waals surface area contributed by atoms with Gasteiger partial charge in [-0.2, -0.15) is 0 Å². The summed E-state index contributed by atoms with van der Waals surface area (Å²) in [6.07, 6.45) is 0. The van der Waals surface area contributed by atoms with E-state index in [-0.39, 0.29) is 0 Å². The largest absolute Gasteiger partial charge is 0.129 e. The van der Waals surface area contributed by atoms with Crippen molar-refractivity contribution in [3.05, 3.63) is 59.2 Å². The summed E-state index contributed by atoms with van der Waals surface area (Å²) < 4.78 is 0. The normalized spacial score (nSPS) is 11.9. The number of hydrogen-bond acceptors (Lipinski definition) is 0. The quantitative estimate of drug-likeness (QED) is 0.219. The highest BCUT2D eigenvalue weighted by Crippen LogP contribution is 2.36. The average molecular weight is 413 g/mol. The molecule has 0 radical (unpaired) electrons. The van der Waals surface area contributed by atoms with Crippen LogP contribution in [0.15, 0.2) is 42.5 Å². The van der Waals surface area contributed by atoms with Gasteiger partial charge in [0.15, 0.2) is 0 Å². The van der Waals surface area contributed by atoms with E-state index in [9.17, 15) is 0 Å². The van der Waals surface area contributed by atoms with E-state index in [1.54, 1.807) is 0 Å². The molecule has 3 rings (SSSR count). The second-order valence-electron chi connectivity index (χ2n) is 10.2. The lowest BCUT2D eigenvalue weighted by Crippen LogP contribution is -2.16. The Morgan fingerprint density at radius 1 is 0.621 bits per heavy atom. The Balaban J connectivity index is 2.43. The minimum absolute atomic E-state index is 0.432. The van der Waals surface area contributed by atoms with Crippen molar-refractivity contribution in [2.45, 2.75) is 59.0 Å². The van der Waals surface area contributed by atoms with Crippen molar-refractivity contribution in [1.82, 2.24) is 0 Å². The van der Waals surface area contributed by atoms with Gasteiger partial charge in [-0.15, -0.1) is 11.1 Å². The fourth-order valence-electron chi connectivity index (χ4n) is 3.55. The van der Waals surface area contributed by atoms with Crippen molar-refractivity contribution in [2.24, 2.45) is 0 Å². The molecule has 0 atom stereocenters. The van der Waals surface area contributed by atoms with Crippen LogP contribution in [-0.4, -0.2) is 16.1 Å². The molecule has 0 fully saturated rings. The first-order valence-electron chi connectivity index (χ1n) is 10.5. The fraction of sp³-hybridized carbons (Fsp3) is 0.333. The maximum Gasteiger partial charge on any atom is 0.129 e. The van der Waals surface area contributed by atoms with E-state index >= 15 is 0 Å². The summed E-state index contributed by atoms with van der Waals surface area (Å²) in [6.45, 7) is 18.3. The molecule has 2 heteroatoms. The van der Waals surface area contributed by atoms with Gasteiger partial charge in [-0.1, -0.05) is 89.2 Å². The summed E-state index contributed by atoms with van der Waals surface area (Å²) in [5.41, 5.74) is 10.8. The number of rotatable bonds is 1. The molecule has 0 aliphatic carbocycles. The van der Waals surface area contributed by atoms with Crippen molar-refractivity contribution in [2.75, 3.05) is 0 Å². The van der Waals surface area contributed by atoms with Gasteiger partial charge in [-0.25, -0.2) is 0 Å². The van der Waals surface area contributed by atoms with E-state index in [1.807, 2.05) is 0 Å². The maximum absolute atomic E-state index is 3.55. The van der Waals surface area contributed by atoms with E-state index in [4.69, 9.17) is 0 Å². The first-order valence-corrected chi connectivity index (χ1v) is 17.5. The zero-order valence-corrected chi connectivity index (χ0v) is 21.1. The summed E-state index contributed by atoms with van der Waals surface area (Å²) >= 11 is 0. The second kappa shape index (κ2) is 7.87. The minimum atomic E-state index is -1.44. The Morgan fingerprint density at radius 3 is 1.38 bits per heavy atom. The van der Waals surface area contributed by atoms with Gasteiger partial charge in [0.1, 0.15) is 16.1 Å². The second-order valence-corrected chi connectivity index (χ2v) is 19.7. The van der Waals surface area contributed by atoms with Gasteiger partial charge in [0.2, 0.25) is 0 Å². The molecule has 0 aliphatic heterocycles. The fourth-order valence-corrected chi connectivity index (χ4v) is 4.57. The molecular weight excluding hydrogens is 380 g/mol. The predicted octanol–water partition coefficient (Wildman–Crippen LogP) is 7.57. The van der Waals surface area contributed by atoms with Crippen LogP contribution in [0.1, 0.15) is 36.5 Å². The van der Waals surface area contributed by atoms with E-state index in [0.717, 1.165) is 11.1 Å². The molecule has 0 unspecified atom stereocenters. The van der Waals surface area contributed by atoms with Crippen molar-refractivity contribution in [3.8, 4) is 22.9 Å². The van der Waals surface area contributed by atoms with Crippen LogP contribution in [0.4, 0.5) is 0 Å². The first-order chi connectivity index (χ1) is 13.5. The maximum atomic E-state index is 3.55. The lowest BCUT2D eigenvalue weighted by molar-refractivity contribution is 0.885. The monoisotopic (exact) mass is 412 g/mol. The summed E-state index contributed by atoms with van der Waals surface area (Å²) in [5.74, 6) is 7.47. The third-order valence-corrected chi connectivity index (χ3v) is 6.55. The van der Waals surface area contributed by atoms with Crippen LogP contribution in [0.3, 0.4) is 0 Å². The zero-order valence-electron chi connectivity index (χ0n) is 19.1. The van der Waals surface area contributed by atoms with Crippen molar-refractivity contribution in [3.63, 3.8) is 0 Å². The van der Waals surface area contributed by atoms with Crippen LogP contribution >= 0.6 is 0 Å². The summed E-state index contributed by atoms with van der Waals surface area (Å²) in [7, 11) is -2.88. The molecule has 0 aliphatic rings.